The maximum Gasteiger partial charge on any atom is 0.298 e. The first-order valence-electron chi connectivity index (χ1n) is 7.35. The van der Waals surface area contributed by atoms with Crippen LogP contribution in [0.3, 0.4) is 0 Å². The molecule has 0 spiro atoms. The predicted molar refractivity (Wildman–Crippen MR) is 97.5 cm³/mol. The number of carbonyl (C=O) groups is 2. The van der Waals surface area contributed by atoms with E-state index in [2.05, 4.69) is 0 Å². The Morgan fingerprint density at radius 1 is 1.17 bits per heavy atom. The van der Waals surface area contributed by atoms with Gasteiger partial charge in [0.15, 0.2) is 0 Å². The molecule has 0 bridgehead atoms. The summed E-state index contributed by atoms with van der Waals surface area (Å²) in [6.45, 7) is 2.30. The number of rotatable bonds is 4. The molecule has 1 saturated heterocycles. The van der Waals surface area contributed by atoms with E-state index in [9.17, 15) is 9.59 Å². The largest absolute Gasteiger partial charge is 0.492 e. The van der Waals surface area contributed by atoms with Crippen LogP contribution in [0, 0.1) is 0 Å². The Labute approximate surface area is 149 Å². The molecule has 0 atom stereocenters. The number of carbonyl (C=O) groups excluding carboxylic acids is 2. The molecule has 2 aromatic rings. The van der Waals surface area contributed by atoms with Crippen LogP contribution in [0.25, 0.3) is 6.08 Å². The molecule has 0 aromatic heterocycles. The summed E-state index contributed by atoms with van der Waals surface area (Å²) in [5.74, 6) is 0.142. The van der Waals surface area contributed by atoms with Gasteiger partial charge in [-0.3, -0.25) is 9.59 Å². The molecular weight excluding hydrogens is 346 g/mol. The third-order valence-electron chi connectivity index (χ3n) is 3.35. The molecular formula is C18H14ClNO3S. The number of thioether (sulfide) groups is 1. The first kappa shape index (κ1) is 16.6. The van der Waals surface area contributed by atoms with Crippen molar-refractivity contribution >= 4 is 46.3 Å². The first-order chi connectivity index (χ1) is 11.6. The highest BCUT2D eigenvalue weighted by Crippen LogP contribution is 2.39. The molecule has 0 N–H and O–H groups in total. The molecule has 122 valence electrons. The molecule has 3 rings (SSSR count). The second kappa shape index (κ2) is 7.11. The highest BCUT2D eigenvalue weighted by Gasteiger charge is 2.37. The van der Waals surface area contributed by atoms with Gasteiger partial charge in [-0.25, -0.2) is 4.90 Å². The van der Waals surface area contributed by atoms with Crippen molar-refractivity contribution in [3.8, 4) is 5.75 Å². The quantitative estimate of drug-likeness (QED) is 0.722. The molecule has 0 aliphatic carbocycles. The van der Waals surface area contributed by atoms with Gasteiger partial charge in [-0.05, 0) is 54.6 Å². The number of ether oxygens (including phenoxy) is 1. The minimum absolute atomic E-state index is 0.347. The van der Waals surface area contributed by atoms with Crippen molar-refractivity contribution in [2.24, 2.45) is 0 Å². The van der Waals surface area contributed by atoms with E-state index in [0.717, 1.165) is 22.2 Å². The van der Waals surface area contributed by atoms with Crippen LogP contribution in [-0.2, 0) is 4.79 Å². The van der Waals surface area contributed by atoms with Crippen molar-refractivity contribution in [1.29, 1.82) is 0 Å². The molecule has 1 aliphatic heterocycles. The highest BCUT2D eigenvalue weighted by molar-refractivity contribution is 8.19. The average Bonchev–Trinajstić information content (AvgIpc) is 2.82. The third kappa shape index (κ3) is 3.32. The van der Waals surface area contributed by atoms with Gasteiger partial charge >= 0.3 is 0 Å². The smallest absolute Gasteiger partial charge is 0.298 e. The summed E-state index contributed by atoms with van der Waals surface area (Å²) >= 11 is 6.86. The zero-order valence-corrected chi connectivity index (χ0v) is 14.4. The maximum absolute atomic E-state index is 12.7. The lowest BCUT2D eigenvalue weighted by Crippen LogP contribution is -2.28. The summed E-state index contributed by atoms with van der Waals surface area (Å²) < 4.78 is 5.52. The fourth-order valence-electron chi connectivity index (χ4n) is 2.34. The van der Waals surface area contributed by atoms with Crippen molar-refractivity contribution in [1.82, 2.24) is 0 Å². The number of imide groups is 1. The van der Waals surface area contributed by atoms with E-state index < -0.39 is 0 Å². The van der Waals surface area contributed by atoms with Crippen LogP contribution >= 0.6 is 23.4 Å². The monoisotopic (exact) mass is 359 g/mol. The van der Waals surface area contributed by atoms with Gasteiger partial charge in [0.05, 0.1) is 17.2 Å². The van der Waals surface area contributed by atoms with Crippen molar-refractivity contribution < 1.29 is 14.3 Å². The summed E-state index contributed by atoms with van der Waals surface area (Å²) in [5.41, 5.74) is 1.22. The van der Waals surface area contributed by atoms with Gasteiger partial charge in [0.2, 0.25) is 0 Å². The topological polar surface area (TPSA) is 46.6 Å². The van der Waals surface area contributed by atoms with Crippen molar-refractivity contribution in [2.75, 3.05) is 11.5 Å². The summed E-state index contributed by atoms with van der Waals surface area (Å²) in [4.78, 5) is 26.5. The van der Waals surface area contributed by atoms with E-state index in [1.165, 1.54) is 0 Å². The molecule has 1 aliphatic rings. The lowest BCUT2D eigenvalue weighted by molar-refractivity contribution is -0.113. The summed E-state index contributed by atoms with van der Waals surface area (Å²) in [5, 5.41) is 0.227. The van der Waals surface area contributed by atoms with Crippen LogP contribution < -0.4 is 9.64 Å². The van der Waals surface area contributed by atoms with E-state index in [1.807, 2.05) is 13.0 Å². The minimum Gasteiger partial charge on any atom is -0.492 e. The SMILES string of the molecule is CCOc1ccccc1N1C(=O)S/C(=C\c2cccc(Cl)c2)C1=O. The molecule has 0 unspecified atom stereocenters. The molecule has 6 heteroatoms. The van der Waals surface area contributed by atoms with Gasteiger partial charge in [-0.2, -0.15) is 0 Å². The van der Waals surface area contributed by atoms with Crippen LogP contribution in [0.1, 0.15) is 12.5 Å². The fraction of sp³-hybridized carbons (Fsp3) is 0.111. The number of amides is 2. The van der Waals surface area contributed by atoms with Crippen LogP contribution in [0.2, 0.25) is 5.02 Å². The second-order valence-electron chi connectivity index (χ2n) is 4.97. The molecule has 4 nitrogen and oxygen atoms in total. The van der Waals surface area contributed by atoms with Crippen molar-refractivity contribution in [3.05, 3.63) is 64.0 Å². The van der Waals surface area contributed by atoms with Crippen LogP contribution in [0.4, 0.5) is 10.5 Å². The highest BCUT2D eigenvalue weighted by atomic mass is 35.5. The second-order valence-corrected chi connectivity index (χ2v) is 6.40. The van der Waals surface area contributed by atoms with Crippen molar-refractivity contribution in [3.63, 3.8) is 0 Å². The number of hydrogen-bond donors (Lipinski definition) is 0. The molecule has 2 amide bonds. The molecule has 0 saturated carbocycles. The Balaban J connectivity index is 1.95. The number of anilines is 1. The third-order valence-corrected chi connectivity index (χ3v) is 4.45. The summed E-state index contributed by atoms with van der Waals surface area (Å²) in [7, 11) is 0. The van der Waals surface area contributed by atoms with Gasteiger partial charge in [-0.15, -0.1) is 0 Å². The average molecular weight is 360 g/mol. The Morgan fingerprint density at radius 3 is 2.71 bits per heavy atom. The van der Waals surface area contributed by atoms with Crippen molar-refractivity contribution in [2.45, 2.75) is 6.92 Å². The number of benzene rings is 2. The van der Waals surface area contributed by atoms with Gasteiger partial charge in [0.25, 0.3) is 11.1 Å². The van der Waals surface area contributed by atoms with E-state index in [-0.39, 0.29) is 11.1 Å². The number of para-hydroxylation sites is 2. The minimum atomic E-state index is -0.364. The molecule has 1 fully saturated rings. The summed E-state index contributed by atoms with van der Waals surface area (Å²) in [6, 6.07) is 14.1. The zero-order valence-electron chi connectivity index (χ0n) is 12.9. The van der Waals surface area contributed by atoms with Gasteiger partial charge in [0, 0.05) is 5.02 Å². The normalized spacial score (nSPS) is 16.1. The lowest BCUT2D eigenvalue weighted by atomic mass is 10.2. The maximum atomic E-state index is 12.7. The number of hydrogen-bond acceptors (Lipinski definition) is 4. The van der Waals surface area contributed by atoms with E-state index in [1.54, 1.807) is 48.5 Å². The Kier molecular flexibility index (Phi) is 4.92. The van der Waals surface area contributed by atoms with Crippen LogP contribution in [0.15, 0.2) is 53.4 Å². The fourth-order valence-corrected chi connectivity index (χ4v) is 3.38. The van der Waals surface area contributed by atoms with Crippen LogP contribution in [0.5, 0.6) is 5.75 Å². The van der Waals surface area contributed by atoms with Gasteiger partial charge in [0.1, 0.15) is 5.75 Å². The standard InChI is InChI=1S/C18H14ClNO3S/c1-2-23-15-9-4-3-8-14(15)20-17(21)16(24-18(20)22)11-12-6-5-7-13(19)10-12/h3-11H,2H2,1H3/b16-11-. The zero-order chi connectivity index (χ0) is 17.1. The van der Waals surface area contributed by atoms with E-state index >= 15 is 0 Å². The Hall–Kier alpha value is -2.24. The lowest BCUT2D eigenvalue weighted by Gasteiger charge is -2.16. The molecule has 0 radical (unpaired) electrons. The predicted octanol–water partition coefficient (Wildman–Crippen LogP) is 4.98. The van der Waals surface area contributed by atoms with E-state index in [4.69, 9.17) is 16.3 Å². The first-order valence-corrected chi connectivity index (χ1v) is 8.55. The molecule has 1 heterocycles. The van der Waals surface area contributed by atoms with E-state index in [0.29, 0.717) is 28.0 Å². The Morgan fingerprint density at radius 2 is 1.96 bits per heavy atom. The summed E-state index contributed by atoms with van der Waals surface area (Å²) in [6.07, 6.45) is 1.67. The number of halogens is 1. The Bertz CT molecular complexity index is 835. The molecule has 2 aromatic carbocycles. The van der Waals surface area contributed by atoms with Gasteiger partial charge < -0.3 is 4.74 Å². The molecule has 24 heavy (non-hydrogen) atoms. The van der Waals surface area contributed by atoms with Crippen LogP contribution in [-0.4, -0.2) is 17.8 Å². The number of nitrogens with zero attached hydrogens (tertiary/aromatic N) is 1. The van der Waals surface area contributed by atoms with Gasteiger partial charge in [-0.1, -0.05) is 35.9 Å².